The fourth-order valence-corrected chi connectivity index (χ4v) is 3.59. The lowest BCUT2D eigenvalue weighted by Gasteiger charge is -2.41. The van der Waals surface area contributed by atoms with Gasteiger partial charge in [-0.2, -0.15) is 0 Å². The van der Waals surface area contributed by atoms with Crippen LogP contribution in [0.3, 0.4) is 0 Å². The number of hydrogen-bond acceptors (Lipinski definition) is 4. The first-order chi connectivity index (χ1) is 13.1. The van der Waals surface area contributed by atoms with Gasteiger partial charge in [0.15, 0.2) is 0 Å². The summed E-state index contributed by atoms with van der Waals surface area (Å²) in [4.78, 5) is 14.9. The first-order valence-electron chi connectivity index (χ1n) is 9.16. The number of piperidine rings is 1. The molecule has 3 rings (SSSR count). The summed E-state index contributed by atoms with van der Waals surface area (Å²) < 4.78 is 19.2. The average molecular weight is 371 g/mol. The SMILES string of the molecule is CNC(=O)C1(Nc2cccc(OC)c2)CCN(Cc2ccccc2F)CC1. The molecule has 144 valence electrons. The van der Waals surface area contributed by atoms with Crippen molar-refractivity contribution in [3.05, 3.63) is 59.9 Å². The minimum atomic E-state index is -0.688. The first kappa shape index (κ1) is 19.2. The van der Waals surface area contributed by atoms with Crippen LogP contribution in [-0.4, -0.2) is 43.6 Å². The van der Waals surface area contributed by atoms with Gasteiger partial charge in [0, 0.05) is 44.0 Å². The fourth-order valence-electron chi connectivity index (χ4n) is 3.59. The van der Waals surface area contributed by atoms with Crippen molar-refractivity contribution < 1.29 is 13.9 Å². The normalized spacial score (nSPS) is 16.6. The van der Waals surface area contributed by atoms with Crippen LogP contribution in [0.25, 0.3) is 0 Å². The van der Waals surface area contributed by atoms with E-state index in [1.54, 1.807) is 20.2 Å². The van der Waals surface area contributed by atoms with Crippen LogP contribution >= 0.6 is 0 Å². The van der Waals surface area contributed by atoms with E-state index in [0.29, 0.717) is 38.0 Å². The highest BCUT2D eigenvalue weighted by atomic mass is 19.1. The Morgan fingerprint density at radius 3 is 2.59 bits per heavy atom. The van der Waals surface area contributed by atoms with Gasteiger partial charge in [-0.3, -0.25) is 9.69 Å². The number of likely N-dealkylation sites (N-methyl/N-ethyl adjacent to an activating group) is 1. The largest absolute Gasteiger partial charge is 0.497 e. The molecule has 1 aliphatic rings. The average Bonchev–Trinajstić information content (AvgIpc) is 2.70. The molecule has 0 aliphatic carbocycles. The van der Waals surface area contributed by atoms with Crippen molar-refractivity contribution in [3.8, 4) is 5.75 Å². The molecule has 0 bridgehead atoms. The number of halogens is 1. The van der Waals surface area contributed by atoms with E-state index in [2.05, 4.69) is 15.5 Å². The van der Waals surface area contributed by atoms with Gasteiger partial charge in [-0.1, -0.05) is 24.3 Å². The molecular formula is C21H26FN3O2. The van der Waals surface area contributed by atoms with Gasteiger partial charge in [0.25, 0.3) is 0 Å². The second-order valence-electron chi connectivity index (χ2n) is 6.89. The number of carbonyl (C=O) groups excluding carboxylic acids is 1. The van der Waals surface area contributed by atoms with Crippen LogP contribution in [0.1, 0.15) is 18.4 Å². The molecule has 1 fully saturated rings. The van der Waals surface area contributed by atoms with Crippen molar-refractivity contribution in [1.29, 1.82) is 0 Å². The predicted octanol–water partition coefficient (Wildman–Crippen LogP) is 3.03. The molecule has 27 heavy (non-hydrogen) atoms. The van der Waals surface area contributed by atoms with Crippen LogP contribution in [0, 0.1) is 5.82 Å². The molecule has 1 amide bonds. The number of methoxy groups -OCH3 is 1. The Morgan fingerprint density at radius 1 is 1.19 bits per heavy atom. The van der Waals surface area contributed by atoms with Crippen LogP contribution in [-0.2, 0) is 11.3 Å². The molecule has 2 aromatic rings. The van der Waals surface area contributed by atoms with E-state index in [0.717, 1.165) is 11.4 Å². The Balaban J connectivity index is 1.71. The highest BCUT2D eigenvalue weighted by Gasteiger charge is 2.41. The van der Waals surface area contributed by atoms with Crippen molar-refractivity contribution in [3.63, 3.8) is 0 Å². The monoisotopic (exact) mass is 371 g/mol. The Morgan fingerprint density at radius 2 is 1.93 bits per heavy atom. The van der Waals surface area contributed by atoms with Gasteiger partial charge >= 0.3 is 0 Å². The third-order valence-electron chi connectivity index (χ3n) is 5.18. The zero-order valence-electron chi connectivity index (χ0n) is 15.8. The third-order valence-corrected chi connectivity index (χ3v) is 5.18. The molecular weight excluding hydrogens is 345 g/mol. The van der Waals surface area contributed by atoms with E-state index in [9.17, 15) is 9.18 Å². The Kier molecular flexibility index (Phi) is 5.96. The van der Waals surface area contributed by atoms with Crippen LogP contribution in [0.5, 0.6) is 5.75 Å². The number of anilines is 1. The second-order valence-corrected chi connectivity index (χ2v) is 6.89. The number of ether oxygens (including phenoxy) is 1. The number of nitrogens with zero attached hydrogens (tertiary/aromatic N) is 1. The van der Waals surface area contributed by atoms with Gasteiger partial charge in [-0.05, 0) is 31.0 Å². The Labute approximate surface area is 159 Å². The lowest BCUT2D eigenvalue weighted by molar-refractivity contribution is -0.126. The van der Waals surface area contributed by atoms with E-state index in [-0.39, 0.29) is 11.7 Å². The van der Waals surface area contributed by atoms with Gasteiger partial charge < -0.3 is 15.4 Å². The molecule has 2 aromatic carbocycles. The molecule has 6 heteroatoms. The Bertz CT molecular complexity index is 789. The van der Waals surface area contributed by atoms with E-state index < -0.39 is 5.54 Å². The maximum absolute atomic E-state index is 13.9. The summed E-state index contributed by atoms with van der Waals surface area (Å²) in [6, 6.07) is 14.4. The number of amides is 1. The Hall–Kier alpha value is -2.60. The molecule has 1 heterocycles. The summed E-state index contributed by atoms with van der Waals surface area (Å²) in [7, 11) is 3.28. The van der Waals surface area contributed by atoms with Crippen molar-refractivity contribution in [2.24, 2.45) is 0 Å². The molecule has 1 aliphatic heterocycles. The van der Waals surface area contributed by atoms with E-state index >= 15 is 0 Å². The first-order valence-corrected chi connectivity index (χ1v) is 9.16. The zero-order chi connectivity index (χ0) is 19.3. The minimum absolute atomic E-state index is 0.0316. The standard InChI is InChI=1S/C21H26FN3O2/c1-23-20(26)21(24-17-7-5-8-18(14-17)27-2)10-12-25(13-11-21)15-16-6-3-4-9-19(16)22/h3-9,14,24H,10-13,15H2,1-2H3,(H,23,26). The molecule has 0 unspecified atom stereocenters. The van der Waals surface area contributed by atoms with Gasteiger partial charge in [0.2, 0.25) is 5.91 Å². The minimum Gasteiger partial charge on any atom is -0.497 e. The van der Waals surface area contributed by atoms with Gasteiger partial charge in [-0.15, -0.1) is 0 Å². The number of nitrogens with one attached hydrogen (secondary N) is 2. The summed E-state index contributed by atoms with van der Waals surface area (Å²) in [5.74, 6) is 0.523. The summed E-state index contributed by atoms with van der Waals surface area (Å²) >= 11 is 0. The molecule has 2 N–H and O–H groups in total. The number of hydrogen-bond donors (Lipinski definition) is 2. The lowest BCUT2D eigenvalue weighted by Crippen LogP contribution is -2.57. The van der Waals surface area contributed by atoms with Crippen molar-refractivity contribution >= 4 is 11.6 Å². The maximum Gasteiger partial charge on any atom is 0.245 e. The summed E-state index contributed by atoms with van der Waals surface area (Å²) in [5.41, 5.74) is 0.846. The third kappa shape index (κ3) is 4.39. The highest BCUT2D eigenvalue weighted by Crippen LogP contribution is 2.30. The van der Waals surface area contributed by atoms with Gasteiger partial charge in [0.1, 0.15) is 17.1 Å². The molecule has 1 saturated heterocycles. The van der Waals surface area contributed by atoms with Crippen LogP contribution in [0.4, 0.5) is 10.1 Å². The number of rotatable bonds is 6. The second kappa shape index (κ2) is 8.39. The summed E-state index contributed by atoms with van der Waals surface area (Å²) in [6.07, 6.45) is 1.27. The number of carbonyl (C=O) groups is 1. The summed E-state index contributed by atoms with van der Waals surface area (Å²) in [5, 5.41) is 6.21. The van der Waals surface area contributed by atoms with Crippen LogP contribution in [0.2, 0.25) is 0 Å². The fraction of sp³-hybridized carbons (Fsp3) is 0.381. The number of benzene rings is 2. The molecule has 0 saturated carbocycles. The lowest BCUT2D eigenvalue weighted by atomic mass is 9.85. The van der Waals surface area contributed by atoms with Crippen molar-refractivity contribution in [1.82, 2.24) is 10.2 Å². The maximum atomic E-state index is 13.9. The predicted molar refractivity (Wildman–Crippen MR) is 104 cm³/mol. The topological polar surface area (TPSA) is 53.6 Å². The van der Waals surface area contributed by atoms with Crippen LogP contribution < -0.4 is 15.4 Å². The quantitative estimate of drug-likeness (QED) is 0.820. The van der Waals surface area contributed by atoms with Crippen LogP contribution in [0.15, 0.2) is 48.5 Å². The van der Waals surface area contributed by atoms with Crippen molar-refractivity contribution in [2.75, 3.05) is 32.6 Å². The summed E-state index contributed by atoms with van der Waals surface area (Å²) in [6.45, 7) is 1.97. The van der Waals surface area contributed by atoms with E-state index in [4.69, 9.17) is 4.74 Å². The van der Waals surface area contributed by atoms with Gasteiger partial charge in [0.05, 0.1) is 7.11 Å². The molecule has 5 nitrogen and oxygen atoms in total. The highest BCUT2D eigenvalue weighted by molar-refractivity contribution is 5.89. The zero-order valence-corrected chi connectivity index (χ0v) is 15.8. The molecule has 0 radical (unpaired) electrons. The van der Waals surface area contributed by atoms with Gasteiger partial charge in [-0.25, -0.2) is 4.39 Å². The van der Waals surface area contributed by atoms with E-state index in [1.165, 1.54) is 6.07 Å². The van der Waals surface area contributed by atoms with E-state index in [1.807, 2.05) is 36.4 Å². The van der Waals surface area contributed by atoms with Crippen molar-refractivity contribution in [2.45, 2.75) is 24.9 Å². The molecule has 0 spiro atoms. The smallest absolute Gasteiger partial charge is 0.245 e. The number of likely N-dealkylation sites (tertiary alicyclic amines) is 1. The molecule has 0 atom stereocenters. The molecule has 0 aromatic heterocycles.